The van der Waals surface area contributed by atoms with Crippen LogP contribution in [0.3, 0.4) is 0 Å². The van der Waals surface area contributed by atoms with Crippen LogP contribution in [0.25, 0.3) is 0 Å². The van der Waals surface area contributed by atoms with E-state index < -0.39 is 0 Å². The van der Waals surface area contributed by atoms with Crippen LogP contribution in [0.5, 0.6) is 5.75 Å². The fourth-order valence-electron chi connectivity index (χ4n) is 2.32. The molecule has 0 aromatic heterocycles. The molecule has 27 heavy (non-hydrogen) atoms. The zero-order valence-corrected chi connectivity index (χ0v) is 15.7. The maximum Gasteiger partial charge on any atom is 0.275 e. The number of hydrogen-bond acceptors (Lipinski definition) is 3. The summed E-state index contributed by atoms with van der Waals surface area (Å²) in [5, 5.41) is 5.19. The molecule has 0 heterocycles. The molecular formula is C21H16Cl2N2O2. The molecule has 0 atom stereocenters. The summed E-state index contributed by atoms with van der Waals surface area (Å²) in [7, 11) is 0. The third kappa shape index (κ3) is 5.33. The van der Waals surface area contributed by atoms with Crippen LogP contribution >= 0.6 is 23.2 Å². The topological polar surface area (TPSA) is 50.7 Å². The molecule has 0 aliphatic heterocycles. The highest BCUT2D eigenvalue weighted by Crippen LogP contribution is 2.20. The lowest BCUT2D eigenvalue weighted by molar-refractivity contribution is 0.0950. The predicted molar refractivity (Wildman–Crippen MR) is 109 cm³/mol. The number of hydrogen-bond donors (Lipinski definition) is 1. The second-order valence-electron chi connectivity index (χ2n) is 5.63. The quantitative estimate of drug-likeness (QED) is 0.450. The number of nitrogens with zero attached hydrogens (tertiary/aromatic N) is 1. The summed E-state index contributed by atoms with van der Waals surface area (Å²) >= 11 is 11.9. The molecule has 1 amide bonds. The average molecular weight is 399 g/mol. The van der Waals surface area contributed by atoms with Crippen LogP contribution in [0.4, 0.5) is 0 Å². The van der Waals surface area contributed by atoms with Gasteiger partial charge in [0, 0.05) is 15.6 Å². The van der Waals surface area contributed by atoms with Gasteiger partial charge in [0.2, 0.25) is 0 Å². The van der Waals surface area contributed by atoms with Crippen molar-refractivity contribution in [3.63, 3.8) is 0 Å². The smallest absolute Gasteiger partial charge is 0.275 e. The number of para-hydroxylation sites is 1. The van der Waals surface area contributed by atoms with Crippen molar-refractivity contribution in [2.45, 2.75) is 6.61 Å². The van der Waals surface area contributed by atoms with Crippen LogP contribution in [0.15, 0.2) is 77.9 Å². The number of carbonyl (C=O) groups excluding carboxylic acids is 1. The predicted octanol–water partition coefficient (Wildman–Crippen LogP) is 5.34. The van der Waals surface area contributed by atoms with Crippen molar-refractivity contribution in [1.29, 1.82) is 0 Å². The summed E-state index contributed by atoms with van der Waals surface area (Å²) in [5.74, 6) is 0.0999. The van der Waals surface area contributed by atoms with Crippen molar-refractivity contribution in [1.82, 2.24) is 5.43 Å². The van der Waals surface area contributed by atoms with Gasteiger partial charge in [-0.3, -0.25) is 4.79 Å². The van der Waals surface area contributed by atoms with Gasteiger partial charge in [-0.15, -0.1) is 0 Å². The van der Waals surface area contributed by atoms with Gasteiger partial charge in [-0.1, -0.05) is 65.7 Å². The number of amides is 1. The Morgan fingerprint density at radius 2 is 1.67 bits per heavy atom. The van der Waals surface area contributed by atoms with Crippen LogP contribution < -0.4 is 10.2 Å². The van der Waals surface area contributed by atoms with Crippen LogP contribution in [0.1, 0.15) is 21.5 Å². The number of benzene rings is 3. The van der Waals surface area contributed by atoms with Crippen molar-refractivity contribution in [3.8, 4) is 5.75 Å². The maximum atomic E-state index is 12.4. The molecule has 6 heteroatoms. The first-order valence-electron chi connectivity index (χ1n) is 8.17. The Balaban J connectivity index is 1.66. The largest absolute Gasteiger partial charge is 0.488 e. The molecule has 0 aliphatic carbocycles. The second kappa shape index (κ2) is 9.21. The zero-order valence-electron chi connectivity index (χ0n) is 14.2. The first-order valence-corrected chi connectivity index (χ1v) is 8.93. The van der Waals surface area contributed by atoms with E-state index in [9.17, 15) is 4.79 Å². The summed E-state index contributed by atoms with van der Waals surface area (Å²) in [5.41, 5.74) is 4.55. The summed E-state index contributed by atoms with van der Waals surface area (Å²) in [6, 6.07) is 21.6. The van der Waals surface area contributed by atoms with Crippen LogP contribution in [-0.2, 0) is 6.61 Å². The van der Waals surface area contributed by atoms with E-state index in [1.54, 1.807) is 48.5 Å². The van der Waals surface area contributed by atoms with Crippen molar-refractivity contribution < 1.29 is 9.53 Å². The number of hydrazone groups is 1. The molecule has 0 bridgehead atoms. The van der Waals surface area contributed by atoms with E-state index in [1.807, 2.05) is 24.3 Å². The molecule has 0 saturated heterocycles. The minimum absolute atomic E-state index is 0.324. The van der Waals surface area contributed by atoms with Crippen LogP contribution in [0, 0.1) is 0 Å². The lowest BCUT2D eigenvalue weighted by Gasteiger charge is -2.10. The number of nitrogens with one attached hydrogen (secondary N) is 1. The molecule has 0 radical (unpaired) electrons. The highest BCUT2D eigenvalue weighted by atomic mass is 35.5. The van der Waals surface area contributed by atoms with Gasteiger partial charge in [0.1, 0.15) is 12.4 Å². The molecule has 0 saturated carbocycles. The van der Waals surface area contributed by atoms with Crippen LogP contribution in [0.2, 0.25) is 10.0 Å². The summed E-state index contributed by atoms with van der Waals surface area (Å²) < 4.78 is 5.79. The van der Waals surface area contributed by atoms with E-state index in [1.165, 1.54) is 6.21 Å². The Bertz CT molecular complexity index is 956. The normalized spacial score (nSPS) is 10.7. The highest BCUT2D eigenvalue weighted by Gasteiger charge is 2.11. The van der Waals surface area contributed by atoms with Gasteiger partial charge in [0.05, 0.1) is 11.8 Å². The SMILES string of the molecule is O=C(NN=Cc1ccccc1Cl)c1ccccc1OCc1ccc(Cl)cc1. The monoisotopic (exact) mass is 398 g/mol. The fourth-order valence-corrected chi connectivity index (χ4v) is 2.63. The zero-order chi connectivity index (χ0) is 19.1. The van der Waals surface area contributed by atoms with E-state index in [4.69, 9.17) is 27.9 Å². The van der Waals surface area contributed by atoms with E-state index in [0.29, 0.717) is 33.5 Å². The Labute approximate surface area is 167 Å². The number of rotatable bonds is 6. The van der Waals surface area contributed by atoms with Crippen molar-refractivity contribution in [2.75, 3.05) is 0 Å². The molecule has 3 aromatic rings. The van der Waals surface area contributed by atoms with E-state index in [0.717, 1.165) is 5.56 Å². The average Bonchev–Trinajstić information content (AvgIpc) is 2.69. The molecule has 0 unspecified atom stereocenters. The van der Waals surface area contributed by atoms with Crippen molar-refractivity contribution in [3.05, 3.63) is 99.5 Å². The lowest BCUT2D eigenvalue weighted by atomic mass is 10.2. The van der Waals surface area contributed by atoms with Gasteiger partial charge < -0.3 is 4.74 Å². The lowest BCUT2D eigenvalue weighted by Crippen LogP contribution is -2.18. The molecule has 0 aliphatic rings. The van der Waals surface area contributed by atoms with Gasteiger partial charge in [-0.25, -0.2) is 5.43 Å². The molecule has 1 N–H and O–H groups in total. The van der Waals surface area contributed by atoms with Crippen LogP contribution in [-0.4, -0.2) is 12.1 Å². The third-order valence-corrected chi connectivity index (χ3v) is 4.31. The van der Waals surface area contributed by atoms with Crippen molar-refractivity contribution >= 4 is 35.3 Å². The van der Waals surface area contributed by atoms with E-state index in [2.05, 4.69) is 10.5 Å². The molecule has 0 fully saturated rings. The molecule has 0 spiro atoms. The summed E-state index contributed by atoms with van der Waals surface area (Å²) in [4.78, 5) is 12.4. The highest BCUT2D eigenvalue weighted by molar-refractivity contribution is 6.33. The number of carbonyl (C=O) groups is 1. The second-order valence-corrected chi connectivity index (χ2v) is 6.48. The van der Waals surface area contributed by atoms with Gasteiger partial charge >= 0.3 is 0 Å². The van der Waals surface area contributed by atoms with E-state index in [-0.39, 0.29) is 5.91 Å². The minimum atomic E-state index is -0.370. The maximum absolute atomic E-state index is 12.4. The third-order valence-electron chi connectivity index (χ3n) is 3.71. The van der Waals surface area contributed by atoms with E-state index >= 15 is 0 Å². The summed E-state index contributed by atoms with van der Waals surface area (Å²) in [6.07, 6.45) is 1.50. The van der Waals surface area contributed by atoms with Gasteiger partial charge in [0.25, 0.3) is 5.91 Å². The molecule has 3 rings (SSSR count). The van der Waals surface area contributed by atoms with Crippen molar-refractivity contribution in [2.24, 2.45) is 5.10 Å². The first-order chi connectivity index (χ1) is 13.1. The number of ether oxygens (including phenoxy) is 1. The fraction of sp³-hybridized carbons (Fsp3) is 0.0476. The van der Waals surface area contributed by atoms with Gasteiger partial charge in [-0.2, -0.15) is 5.10 Å². The Morgan fingerprint density at radius 1 is 0.963 bits per heavy atom. The molecule has 4 nitrogen and oxygen atoms in total. The Kier molecular flexibility index (Phi) is 6.47. The molecule has 136 valence electrons. The Hall–Kier alpha value is -2.82. The first kappa shape index (κ1) is 19.0. The number of halogens is 2. The molecule has 3 aromatic carbocycles. The van der Waals surface area contributed by atoms with Gasteiger partial charge in [0.15, 0.2) is 0 Å². The standard InChI is InChI=1S/C21H16Cl2N2O2/c22-17-11-9-15(10-12-17)14-27-20-8-4-2-6-18(20)21(26)25-24-13-16-5-1-3-7-19(16)23/h1-13H,14H2,(H,25,26). The summed E-state index contributed by atoms with van der Waals surface area (Å²) in [6.45, 7) is 0.324. The molecular weight excluding hydrogens is 383 g/mol. The van der Waals surface area contributed by atoms with Gasteiger partial charge in [-0.05, 0) is 35.9 Å². The minimum Gasteiger partial charge on any atom is -0.488 e. The Morgan fingerprint density at radius 3 is 2.44 bits per heavy atom.